The fourth-order valence-corrected chi connectivity index (χ4v) is 3.41. The zero-order valence-electron chi connectivity index (χ0n) is 11.1. The average Bonchev–Trinajstić information content (AvgIpc) is 2.93. The van der Waals surface area contributed by atoms with Crippen molar-refractivity contribution in [1.29, 1.82) is 0 Å². The molecule has 7 heteroatoms. The third kappa shape index (κ3) is 2.58. The molecule has 0 spiro atoms. The van der Waals surface area contributed by atoms with Gasteiger partial charge >= 0.3 is 0 Å². The standard InChI is InChI=1S/C13H13ClN2O3S/c1-13(2)6-12(16-19-13)20(17)7-10-9-4-3-8(14)5-11(9)18-15-10/h3-5H,6-7H2,1-2H3. The van der Waals surface area contributed by atoms with Gasteiger partial charge in [-0.2, -0.15) is 0 Å². The van der Waals surface area contributed by atoms with Crippen molar-refractivity contribution >= 4 is 38.4 Å². The first kappa shape index (κ1) is 13.6. The predicted octanol–water partition coefficient (Wildman–Crippen LogP) is 3.24. The Labute approximate surface area is 123 Å². The zero-order chi connectivity index (χ0) is 14.3. The van der Waals surface area contributed by atoms with E-state index in [0.717, 1.165) is 5.39 Å². The molecule has 1 aliphatic heterocycles. The van der Waals surface area contributed by atoms with Gasteiger partial charge < -0.3 is 9.36 Å². The van der Waals surface area contributed by atoms with E-state index in [1.165, 1.54) is 0 Å². The topological polar surface area (TPSA) is 64.7 Å². The van der Waals surface area contributed by atoms with Crippen molar-refractivity contribution in [2.45, 2.75) is 31.6 Å². The van der Waals surface area contributed by atoms with Crippen molar-refractivity contribution in [2.75, 3.05) is 0 Å². The van der Waals surface area contributed by atoms with Crippen molar-refractivity contribution in [1.82, 2.24) is 5.16 Å². The summed E-state index contributed by atoms with van der Waals surface area (Å²) in [5.41, 5.74) is 0.849. The second-order valence-electron chi connectivity index (χ2n) is 5.27. The van der Waals surface area contributed by atoms with E-state index in [9.17, 15) is 4.21 Å². The maximum absolute atomic E-state index is 12.3. The zero-order valence-corrected chi connectivity index (χ0v) is 12.6. The molecule has 1 atom stereocenters. The SMILES string of the molecule is CC1(C)CC(S(=O)Cc2noc3cc(Cl)ccc23)=NO1. The summed E-state index contributed by atoms with van der Waals surface area (Å²) in [5, 5.41) is 9.82. The summed E-state index contributed by atoms with van der Waals surface area (Å²) in [6.07, 6.45) is 0.557. The van der Waals surface area contributed by atoms with Crippen LogP contribution in [-0.2, 0) is 21.4 Å². The normalized spacial score (nSPS) is 18.9. The van der Waals surface area contributed by atoms with Gasteiger partial charge in [-0.1, -0.05) is 21.9 Å². The Hall–Kier alpha value is -1.40. The van der Waals surface area contributed by atoms with Crippen LogP contribution in [-0.4, -0.2) is 20.0 Å². The van der Waals surface area contributed by atoms with Crippen LogP contribution < -0.4 is 0 Å². The molecule has 0 bridgehead atoms. The third-order valence-corrected chi connectivity index (χ3v) is 4.53. The van der Waals surface area contributed by atoms with Gasteiger partial charge in [0.15, 0.2) is 5.58 Å². The Morgan fingerprint density at radius 3 is 2.95 bits per heavy atom. The first-order chi connectivity index (χ1) is 9.44. The lowest BCUT2D eigenvalue weighted by Gasteiger charge is -2.12. The predicted molar refractivity (Wildman–Crippen MR) is 78.1 cm³/mol. The minimum atomic E-state index is -1.26. The van der Waals surface area contributed by atoms with Crippen molar-refractivity contribution in [2.24, 2.45) is 5.16 Å². The van der Waals surface area contributed by atoms with Gasteiger partial charge in [-0.3, -0.25) is 4.21 Å². The molecule has 1 aromatic heterocycles. The lowest BCUT2D eigenvalue weighted by molar-refractivity contribution is 0.0123. The third-order valence-electron chi connectivity index (χ3n) is 3.01. The Kier molecular flexibility index (Phi) is 3.30. The molecule has 0 fully saturated rings. The van der Waals surface area contributed by atoms with Crippen molar-refractivity contribution in [3.8, 4) is 0 Å². The minimum Gasteiger partial charge on any atom is -0.389 e. The summed E-state index contributed by atoms with van der Waals surface area (Å²) in [6.45, 7) is 3.82. The van der Waals surface area contributed by atoms with Crippen LogP contribution in [0.15, 0.2) is 27.9 Å². The Morgan fingerprint density at radius 1 is 1.45 bits per heavy atom. The maximum atomic E-state index is 12.3. The molecule has 2 heterocycles. The van der Waals surface area contributed by atoms with Gasteiger partial charge in [-0.05, 0) is 26.0 Å². The molecule has 0 N–H and O–H groups in total. The molecule has 0 saturated carbocycles. The number of rotatable bonds is 2. The molecular formula is C13H13ClN2O3S. The highest BCUT2D eigenvalue weighted by atomic mass is 35.5. The largest absolute Gasteiger partial charge is 0.389 e. The molecule has 0 saturated heterocycles. The molecule has 0 amide bonds. The van der Waals surface area contributed by atoms with Gasteiger partial charge in [0.1, 0.15) is 16.3 Å². The van der Waals surface area contributed by atoms with Crippen LogP contribution in [0.3, 0.4) is 0 Å². The second-order valence-corrected chi connectivity index (χ2v) is 7.16. The highest BCUT2D eigenvalue weighted by Gasteiger charge is 2.32. The van der Waals surface area contributed by atoms with Gasteiger partial charge in [-0.25, -0.2) is 0 Å². The number of benzene rings is 1. The van der Waals surface area contributed by atoms with Crippen LogP contribution in [0.1, 0.15) is 26.0 Å². The van der Waals surface area contributed by atoms with E-state index in [1.54, 1.807) is 12.1 Å². The first-order valence-corrected chi connectivity index (χ1v) is 7.81. The van der Waals surface area contributed by atoms with E-state index in [-0.39, 0.29) is 11.4 Å². The molecule has 2 aromatic rings. The van der Waals surface area contributed by atoms with Gasteiger partial charge in [0.25, 0.3) is 0 Å². The maximum Gasteiger partial charge on any atom is 0.168 e. The van der Waals surface area contributed by atoms with Crippen molar-refractivity contribution in [3.05, 3.63) is 28.9 Å². The summed E-state index contributed by atoms with van der Waals surface area (Å²) >= 11 is 5.89. The molecular weight excluding hydrogens is 300 g/mol. The molecule has 0 aliphatic carbocycles. The first-order valence-electron chi connectivity index (χ1n) is 6.12. The summed E-state index contributed by atoms with van der Waals surface area (Å²) in [6, 6.07) is 5.26. The molecule has 1 aliphatic rings. The Morgan fingerprint density at radius 2 is 2.25 bits per heavy atom. The fraction of sp³-hybridized carbons (Fsp3) is 0.385. The minimum absolute atomic E-state index is 0.257. The van der Waals surface area contributed by atoms with Gasteiger partial charge in [0.05, 0.1) is 16.6 Å². The number of hydrogen-bond donors (Lipinski definition) is 0. The summed E-state index contributed by atoms with van der Waals surface area (Å²) < 4.78 is 17.5. The van der Waals surface area contributed by atoms with Crippen LogP contribution in [0.5, 0.6) is 0 Å². The average molecular weight is 313 g/mol. The van der Waals surface area contributed by atoms with Crippen molar-refractivity contribution in [3.63, 3.8) is 0 Å². The number of oxime groups is 1. The van der Waals surface area contributed by atoms with E-state index in [2.05, 4.69) is 10.3 Å². The molecule has 106 valence electrons. The molecule has 20 heavy (non-hydrogen) atoms. The number of aromatic nitrogens is 1. The van der Waals surface area contributed by atoms with Crippen LogP contribution in [0.25, 0.3) is 11.0 Å². The summed E-state index contributed by atoms with van der Waals surface area (Å²) in [4.78, 5) is 5.23. The van der Waals surface area contributed by atoms with Crippen LogP contribution in [0.2, 0.25) is 5.02 Å². The van der Waals surface area contributed by atoms with E-state index >= 15 is 0 Å². The molecule has 0 radical (unpaired) electrons. The van der Waals surface area contributed by atoms with E-state index < -0.39 is 10.8 Å². The highest BCUT2D eigenvalue weighted by Crippen LogP contribution is 2.27. The lowest BCUT2D eigenvalue weighted by atomic mass is 10.1. The molecule has 3 rings (SSSR count). The second kappa shape index (κ2) is 4.86. The van der Waals surface area contributed by atoms with Crippen LogP contribution >= 0.6 is 11.6 Å². The number of nitrogens with zero attached hydrogens (tertiary/aromatic N) is 2. The quantitative estimate of drug-likeness (QED) is 0.854. The molecule has 1 aromatic carbocycles. The van der Waals surface area contributed by atoms with E-state index in [4.69, 9.17) is 21.0 Å². The molecule has 1 unspecified atom stereocenters. The summed E-state index contributed by atoms with van der Waals surface area (Å²) in [7, 11) is -1.26. The molecule has 5 nitrogen and oxygen atoms in total. The van der Waals surface area contributed by atoms with Gasteiger partial charge in [0.2, 0.25) is 0 Å². The number of fused-ring (bicyclic) bond motifs is 1. The van der Waals surface area contributed by atoms with Gasteiger partial charge in [0, 0.05) is 22.9 Å². The number of hydrogen-bond acceptors (Lipinski definition) is 5. The number of halogens is 1. The van der Waals surface area contributed by atoms with E-state index in [0.29, 0.717) is 27.8 Å². The highest BCUT2D eigenvalue weighted by molar-refractivity contribution is 7.99. The van der Waals surface area contributed by atoms with Crippen molar-refractivity contribution < 1.29 is 13.6 Å². The monoisotopic (exact) mass is 312 g/mol. The smallest absolute Gasteiger partial charge is 0.168 e. The van der Waals surface area contributed by atoms with Crippen LogP contribution in [0, 0.1) is 0 Å². The Bertz CT molecular complexity index is 723. The lowest BCUT2D eigenvalue weighted by Crippen LogP contribution is -2.20. The fourth-order valence-electron chi connectivity index (χ4n) is 2.00. The van der Waals surface area contributed by atoms with E-state index in [1.807, 2.05) is 19.9 Å². The van der Waals surface area contributed by atoms with Gasteiger partial charge in [-0.15, -0.1) is 0 Å². The van der Waals surface area contributed by atoms with Crippen LogP contribution in [0.4, 0.5) is 0 Å². The Balaban J connectivity index is 1.82. The summed E-state index contributed by atoms with van der Waals surface area (Å²) in [5.74, 6) is 0.257.